The molecule has 0 radical (unpaired) electrons. The molecule has 5 rings (SSSR count). The minimum Gasteiger partial charge on any atom is -0.364 e. The summed E-state index contributed by atoms with van der Waals surface area (Å²) >= 11 is 12.5. The second-order valence-electron chi connectivity index (χ2n) is 8.33. The molecular weight excluding hydrogens is 516 g/mol. The number of primary amides is 1. The molecule has 1 aliphatic carbocycles. The molecule has 4 aromatic rings. The van der Waals surface area contributed by atoms with Gasteiger partial charge in [-0.1, -0.05) is 29.3 Å². The first-order chi connectivity index (χ1) is 17.1. The number of para-hydroxylation sites is 1. The first-order valence-corrected chi connectivity index (χ1v) is 11.8. The van der Waals surface area contributed by atoms with E-state index in [2.05, 4.69) is 15.5 Å². The lowest BCUT2D eigenvalue weighted by Crippen LogP contribution is -2.16. The van der Waals surface area contributed by atoms with E-state index in [0.29, 0.717) is 46.4 Å². The van der Waals surface area contributed by atoms with Crippen LogP contribution in [0.3, 0.4) is 0 Å². The van der Waals surface area contributed by atoms with E-state index >= 15 is 0 Å². The van der Waals surface area contributed by atoms with Crippen LogP contribution in [0.2, 0.25) is 10.0 Å². The topological polar surface area (TPSA) is 90.8 Å². The van der Waals surface area contributed by atoms with Crippen LogP contribution in [-0.2, 0) is 19.0 Å². The highest BCUT2D eigenvalue weighted by molar-refractivity contribution is 6.37. The highest BCUT2D eigenvalue weighted by Crippen LogP contribution is 2.38. The molecule has 12 heteroatoms. The number of carbonyl (C=O) groups excluding carboxylic acids is 1. The molecule has 0 unspecified atom stereocenters. The fourth-order valence-electron chi connectivity index (χ4n) is 4.34. The van der Waals surface area contributed by atoms with Gasteiger partial charge < -0.3 is 11.1 Å². The van der Waals surface area contributed by atoms with Gasteiger partial charge in [0.2, 0.25) is 0 Å². The Morgan fingerprint density at radius 1 is 1.00 bits per heavy atom. The van der Waals surface area contributed by atoms with Gasteiger partial charge >= 0.3 is 6.18 Å². The minimum atomic E-state index is -4.53. The summed E-state index contributed by atoms with van der Waals surface area (Å²) in [5, 5.41) is 12.1. The number of alkyl halides is 3. The van der Waals surface area contributed by atoms with E-state index < -0.39 is 17.8 Å². The van der Waals surface area contributed by atoms with E-state index in [1.807, 2.05) is 0 Å². The zero-order valence-corrected chi connectivity index (χ0v) is 20.1. The van der Waals surface area contributed by atoms with E-state index in [4.69, 9.17) is 28.9 Å². The predicted molar refractivity (Wildman–Crippen MR) is 131 cm³/mol. The van der Waals surface area contributed by atoms with Gasteiger partial charge in [0, 0.05) is 11.3 Å². The molecule has 0 saturated carbocycles. The SMILES string of the molecule is NC(=O)c1nn(-c2c(Cl)cccc2Cl)cc1Nc1ccc(-n2nc3c(c2C(F)(F)F)CCCC3)cc1. The lowest BCUT2D eigenvalue weighted by atomic mass is 9.96. The Hall–Kier alpha value is -3.50. The normalized spacial score (nSPS) is 13.5. The second-order valence-corrected chi connectivity index (χ2v) is 9.15. The van der Waals surface area contributed by atoms with Gasteiger partial charge in [0.1, 0.15) is 5.69 Å². The van der Waals surface area contributed by atoms with Crippen LogP contribution in [0.5, 0.6) is 0 Å². The fraction of sp³-hybridized carbons (Fsp3) is 0.208. The number of hydrogen-bond donors (Lipinski definition) is 2. The number of nitrogens with one attached hydrogen (secondary N) is 1. The third kappa shape index (κ3) is 4.42. The summed E-state index contributed by atoms with van der Waals surface area (Å²) in [7, 11) is 0. The van der Waals surface area contributed by atoms with Crippen molar-refractivity contribution >= 4 is 40.5 Å². The summed E-state index contributed by atoms with van der Waals surface area (Å²) in [5.41, 5.74) is 6.89. The molecule has 186 valence electrons. The van der Waals surface area contributed by atoms with Crippen LogP contribution >= 0.6 is 23.2 Å². The molecule has 2 aromatic heterocycles. The lowest BCUT2D eigenvalue weighted by molar-refractivity contribution is -0.143. The Balaban J connectivity index is 1.48. The van der Waals surface area contributed by atoms with Gasteiger partial charge in [-0.3, -0.25) is 4.79 Å². The summed E-state index contributed by atoms with van der Waals surface area (Å²) in [6, 6.07) is 11.1. The van der Waals surface area contributed by atoms with Crippen molar-refractivity contribution in [3.8, 4) is 11.4 Å². The molecule has 2 heterocycles. The van der Waals surface area contributed by atoms with Crippen LogP contribution in [-0.4, -0.2) is 25.5 Å². The number of anilines is 2. The number of aryl methyl sites for hydroxylation is 1. The maximum atomic E-state index is 13.9. The fourth-order valence-corrected chi connectivity index (χ4v) is 4.91. The summed E-state index contributed by atoms with van der Waals surface area (Å²) in [6.07, 6.45) is -0.608. The van der Waals surface area contributed by atoms with Gasteiger partial charge in [-0.2, -0.15) is 23.4 Å². The minimum absolute atomic E-state index is 0.0610. The maximum absolute atomic E-state index is 13.9. The van der Waals surface area contributed by atoms with E-state index in [1.54, 1.807) is 30.3 Å². The maximum Gasteiger partial charge on any atom is 0.433 e. The van der Waals surface area contributed by atoms with Crippen LogP contribution in [0.1, 0.15) is 40.3 Å². The Kier molecular flexibility index (Phi) is 6.17. The van der Waals surface area contributed by atoms with Crippen LogP contribution in [0.25, 0.3) is 11.4 Å². The van der Waals surface area contributed by atoms with E-state index in [-0.39, 0.29) is 22.6 Å². The van der Waals surface area contributed by atoms with Crippen molar-refractivity contribution in [3.05, 3.63) is 81.4 Å². The van der Waals surface area contributed by atoms with Crippen molar-refractivity contribution in [2.75, 3.05) is 5.32 Å². The Morgan fingerprint density at radius 2 is 1.67 bits per heavy atom. The molecule has 0 saturated heterocycles. The molecule has 0 spiro atoms. The van der Waals surface area contributed by atoms with Crippen molar-refractivity contribution in [2.24, 2.45) is 5.73 Å². The third-order valence-corrected chi connectivity index (χ3v) is 6.54. The molecule has 0 bridgehead atoms. The van der Waals surface area contributed by atoms with Crippen molar-refractivity contribution in [2.45, 2.75) is 31.9 Å². The molecule has 36 heavy (non-hydrogen) atoms. The van der Waals surface area contributed by atoms with Crippen LogP contribution in [0, 0.1) is 0 Å². The second kappa shape index (κ2) is 9.18. The molecule has 3 N–H and O–H groups in total. The Morgan fingerprint density at radius 3 is 2.31 bits per heavy atom. The molecule has 7 nitrogen and oxygen atoms in total. The summed E-state index contributed by atoms with van der Waals surface area (Å²) in [5.74, 6) is -0.784. The van der Waals surface area contributed by atoms with Crippen molar-refractivity contribution in [1.82, 2.24) is 19.6 Å². The number of nitrogens with two attached hydrogens (primary N) is 1. The molecule has 1 amide bonds. The molecule has 2 aromatic carbocycles. The van der Waals surface area contributed by atoms with Crippen LogP contribution < -0.4 is 11.1 Å². The monoisotopic (exact) mass is 534 g/mol. The van der Waals surface area contributed by atoms with Gasteiger partial charge in [-0.25, -0.2) is 9.36 Å². The highest BCUT2D eigenvalue weighted by atomic mass is 35.5. The van der Waals surface area contributed by atoms with E-state index in [1.165, 1.54) is 23.0 Å². The summed E-state index contributed by atoms with van der Waals surface area (Å²) in [6.45, 7) is 0. The Bertz CT molecular complexity index is 1440. The summed E-state index contributed by atoms with van der Waals surface area (Å²) in [4.78, 5) is 12.0. The number of nitrogens with zero attached hydrogens (tertiary/aromatic N) is 4. The van der Waals surface area contributed by atoms with E-state index in [9.17, 15) is 18.0 Å². The van der Waals surface area contributed by atoms with E-state index in [0.717, 1.165) is 11.1 Å². The third-order valence-electron chi connectivity index (χ3n) is 5.93. The van der Waals surface area contributed by atoms with Crippen LogP contribution in [0.15, 0.2) is 48.7 Å². The largest absolute Gasteiger partial charge is 0.433 e. The van der Waals surface area contributed by atoms with Crippen molar-refractivity contribution in [3.63, 3.8) is 0 Å². The average Bonchev–Trinajstić information content (AvgIpc) is 3.41. The van der Waals surface area contributed by atoms with Crippen molar-refractivity contribution in [1.29, 1.82) is 0 Å². The molecule has 1 aliphatic rings. The van der Waals surface area contributed by atoms with Gasteiger partial charge in [-0.05, 0) is 62.1 Å². The molecule has 0 atom stereocenters. The number of carbonyl (C=O) groups is 1. The number of amides is 1. The number of hydrogen-bond acceptors (Lipinski definition) is 4. The molecule has 0 fully saturated rings. The van der Waals surface area contributed by atoms with Crippen LogP contribution in [0.4, 0.5) is 24.5 Å². The van der Waals surface area contributed by atoms with Gasteiger partial charge in [0.15, 0.2) is 11.4 Å². The predicted octanol–water partition coefficient (Wildman–Crippen LogP) is 6.10. The zero-order valence-electron chi connectivity index (χ0n) is 18.6. The average molecular weight is 535 g/mol. The number of halogens is 5. The standard InChI is InChI=1S/C24H19Cl2F3N6O/c25-16-5-3-6-17(26)21(16)34-12-19(20(33-34)23(30)36)31-13-8-10-14(11-9-13)35-22(24(27,28)29)15-4-1-2-7-18(15)32-35/h3,5-6,8-12,31H,1-2,4,7H2,(H2,30,36). The Labute approximate surface area is 213 Å². The highest BCUT2D eigenvalue weighted by Gasteiger charge is 2.40. The summed E-state index contributed by atoms with van der Waals surface area (Å²) < 4.78 is 44.0. The number of aromatic nitrogens is 4. The number of benzene rings is 2. The number of fused-ring (bicyclic) bond motifs is 1. The van der Waals surface area contributed by atoms with Crippen molar-refractivity contribution < 1.29 is 18.0 Å². The quantitative estimate of drug-likeness (QED) is 0.323. The first kappa shape index (κ1) is 24.2. The van der Waals surface area contributed by atoms with Gasteiger partial charge in [0.05, 0.1) is 33.3 Å². The van der Waals surface area contributed by atoms with Gasteiger partial charge in [-0.15, -0.1) is 0 Å². The first-order valence-electron chi connectivity index (χ1n) is 11.0. The molecular formula is C24H19Cl2F3N6O. The van der Waals surface area contributed by atoms with Gasteiger partial charge in [0.25, 0.3) is 5.91 Å². The zero-order chi connectivity index (χ0) is 25.6. The lowest BCUT2D eigenvalue weighted by Gasteiger charge is -2.14. The smallest absolute Gasteiger partial charge is 0.364 e. The number of rotatable bonds is 5. The molecule has 0 aliphatic heterocycles.